The third kappa shape index (κ3) is 4.19. The van der Waals surface area contributed by atoms with E-state index in [2.05, 4.69) is 9.97 Å². The van der Waals surface area contributed by atoms with Gasteiger partial charge >= 0.3 is 5.97 Å². The van der Waals surface area contributed by atoms with E-state index in [1.165, 1.54) is 35.2 Å². The first-order valence-electron chi connectivity index (χ1n) is 8.89. The molecule has 0 N–H and O–H groups in total. The van der Waals surface area contributed by atoms with Crippen LogP contribution in [0, 0.1) is 24.0 Å². The maximum Gasteiger partial charge on any atom is 0.339 e. The number of thiazole rings is 1. The fourth-order valence-corrected chi connectivity index (χ4v) is 4.74. The van der Waals surface area contributed by atoms with E-state index in [1.807, 2.05) is 42.0 Å². The Labute approximate surface area is 179 Å². The maximum absolute atomic E-state index is 12.8. The zero-order chi connectivity index (χ0) is 21.3. The van der Waals surface area contributed by atoms with Gasteiger partial charge in [0.1, 0.15) is 12.3 Å². The molecule has 3 aromatic heterocycles. The van der Waals surface area contributed by atoms with Gasteiger partial charge in [0.05, 0.1) is 16.2 Å². The fraction of sp³-hybridized carbons (Fsp3) is 0.150. The summed E-state index contributed by atoms with van der Waals surface area (Å²) in [6, 6.07) is 8.01. The van der Waals surface area contributed by atoms with Gasteiger partial charge < -0.3 is 9.14 Å². The molecule has 0 amide bonds. The van der Waals surface area contributed by atoms with Crippen molar-refractivity contribution in [3.8, 4) is 0 Å². The highest BCUT2D eigenvalue weighted by Gasteiger charge is 2.20. The third-order valence-corrected chi connectivity index (χ3v) is 6.40. The lowest BCUT2D eigenvalue weighted by molar-refractivity contribution is -0.384. The molecule has 3 heterocycles. The highest BCUT2D eigenvalue weighted by atomic mass is 32.2. The number of fused-ring (bicyclic) bond motifs is 1. The molecule has 0 unspecified atom stereocenters. The minimum atomic E-state index is -0.650. The van der Waals surface area contributed by atoms with Gasteiger partial charge in [-0.3, -0.25) is 10.1 Å². The van der Waals surface area contributed by atoms with Crippen LogP contribution >= 0.6 is 23.1 Å². The topological polar surface area (TPSA) is 99.6 Å². The Morgan fingerprint density at radius 1 is 1.30 bits per heavy atom. The van der Waals surface area contributed by atoms with Gasteiger partial charge in [0.25, 0.3) is 5.69 Å². The molecule has 0 bridgehead atoms. The van der Waals surface area contributed by atoms with Crippen molar-refractivity contribution in [1.82, 2.24) is 14.4 Å². The zero-order valence-electron chi connectivity index (χ0n) is 16.1. The van der Waals surface area contributed by atoms with E-state index >= 15 is 0 Å². The lowest BCUT2D eigenvalue weighted by atomic mass is 10.2. The van der Waals surface area contributed by atoms with Gasteiger partial charge in [-0.25, -0.2) is 14.8 Å². The van der Waals surface area contributed by atoms with E-state index in [0.29, 0.717) is 10.6 Å². The van der Waals surface area contributed by atoms with Crippen LogP contribution in [-0.4, -0.2) is 25.3 Å². The standard InChI is InChI=1S/C20H16N4O4S2/c1-12-4-3-7-23-9-14(22-18(12)23)10-28-19(25)16-8-15(24(26)27)5-6-17(16)30-20-21-13(2)11-29-20/h3-9,11H,10H2,1-2H3. The van der Waals surface area contributed by atoms with Crippen LogP contribution in [0.2, 0.25) is 0 Å². The van der Waals surface area contributed by atoms with Crippen LogP contribution in [-0.2, 0) is 11.3 Å². The number of pyridine rings is 1. The number of rotatable bonds is 6. The molecule has 4 aromatic rings. The van der Waals surface area contributed by atoms with Crippen molar-refractivity contribution in [3.05, 3.63) is 80.7 Å². The number of benzene rings is 1. The van der Waals surface area contributed by atoms with Gasteiger partial charge in [-0.05, 0) is 31.5 Å². The van der Waals surface area contributed by atoms with Gasteiger partial charge in [0, 0.05) is 40.5 Å². The van der Waals surface area contributed by atoms with Crippen molar-refractivity contribution in [2.75, 3.05) is 0 Å². The molecule has 0 fully saturated rings. The monoisotopic (exact) mass is 440 g/mol. The molecule has 0 saturated carbocycles. The van der Waals surface area contributed by atoms with Crippen molar-refractivity contribution < 1.29 is 14.5 Å². The molecule has 0 atom stereocenters. The number of imidazole rings is 1. The summed E-state index contributed by atoms with van der Waals surface area (Å²) in [4.78, 5) is 32.8. The molecule has 0 aliphatic carbocycles. The molecular formula is C20H16N4O4S2. The quantitative estimate of drug-likeness (QED) is 0.241. The smallest absolute Gasteiger partial charge is 0.339 e. The lowest BCUT2D eigenvalue weighted by Gasteiger charge is -2.08. The van der Waals surface area contributed by atoms with Crippen molar-refractivity contribution in [2.24, 2.45) is 0 Å². The molecule has 1 aromatic carbocycles. The SMILES string of the molecule is Cc1csc(Sc2ccc([N+](=O)[O-])cc2C(=O)OCc2cn3cccc(C)c3n2)n1. The number of nitro groups is 1. The predicted molar refractivity (Wildman–Crippen MR) is 113 cm³/mol. The number of esters is 1. The minimum absolute atomic E-state index is 0.0386. The summed E-state index contributed by atoms with van der Waals surface area (Å²) in [5.41, 5.74) is 3.20. The largest absolute Gasteiger partial charge is 0.455 e. The number of nitrogens with zero attached hydrogens (tertiary/aromatic N) is 4. The number of hydrogen-bond donors (Lipinski definition) is 0. The van der Waals surface area contributed by atoms with Crippen molar-refractivity contribution in [2.45, 2.75) is 29.7 Å². The average molecular weight is 441 g/mol. The second kappa shape index (κ2) is 8.25. The predicted octanol–water partition coefficient (Wildman–Crippen LogP) is 4.82. The molecule has 0 radical (unpaired) electrons. The molecule has 0 aliphatic heterocycles. The normalized spacial score (nSPS) is 11.0. The molecule has 0 saturated heterocycles. The van der Waals surface area contributed by atoms with Crippen molar-refractivity contribution >= 4 is 40.4 Å². The molecule has 30 heavy (non-hydrogen) atoms. The molecule has 0 spiro atoms. The van der Waals surface area contributed by atoms with E-state index < -0.39 is 10.9 Å². The number of non-ortho nitro benzene ring substituents is 1. The second-order valence-electron chi connectivity index (χ2n) is 6.52. The van der Waals surface area contributed by atoms with Gasteiger partial charge in [0.2, 0.25) is 0 Å². The number of carbonyl (C=O) groups excluding carboxylic acids is 1. The molecule has 8 nitrogen and oxygen atoms in total. The van der Waals surface area contributed by atoms with Crippen LogP contribution in [0.3, 0.4) is 0 Å². The van der Waals surface area contributed by atoms with Crippen LogP contribution in [0.4, 0.5) is 5.69 Å². The Morgan fingerprint density at radius 3 is 2.83 bits per heavy atom. The Kier molecular flexibility index (Phi) is 5.51. The Hall–Kier alpha value is -3.24. The number of carbonyl (C=O) groups is 1. The first-order chi connectivity index (χ1) is 14.4. The van der Waals surface area contributed by atoms with Crippen LogP contribution < -0.4 is 0 Å². The van der Waals surface area contributed by atoms with Crippen LogP contribution in [0.5, 0.6) is 0 Å². The summed E-state index contributed by atoms with van der Waals surface area (Å²) in [5.74, 6) is -0.650. The van der Waals surface area contributed by atoms with Gasteiger partial charge in [0.15, 0.2) is 4.34 Å². The van der Waals surface area contributed by atoms with Crippen molar-refractivity contribution in [1.29, 1.82) is 0 Å². The minimum Gasteiger partial charge on any atom is -0.455 e. The summed E-state index contributed by atoms with van der Waals surface area (Å²) in [6.45, 7) is 3.79. The summed E-state index contributed by atoms with van der Waals surface area (Å²) in [6.07, 6.45) is 3.66. The van der Waals surface area contributed by atoms with E-state index in [1.54, 1.807) is 12.3 Å². The number of ether oxygens (including phenoxy) is 1. The summed E-state index contributed by atoms with van der Waals surface area (Å²) in [7, 11) is 0. The lowest BCUT2D eigenvalue weighted by Crippen LogP contribution is -2.07. The highest BCUT2D eigenvalue weighted by molar-refractivity contribution is 8.01. The second-order valence-corrected chi connectivity index (χ2v) is 8.67. The average Bonchev–Trinajstić information content (AvgIpc) is 3.32. The van der Waals surface area contributed by atoms with Crippen LogP contribution in [0.15, 0.2) is 57.3 Å². The van der Waals surface area contributed by atoms with Gasteiger partial charge in [-0.2, -0.15) is 0 Å². The number of aryl methyl sites for hydroxylation is 2. The molecular weight excluding hydrogens is 424 g/mol. The highest BCUT2D eigenvalue weighted by Crippen LogP contribution is 2.34. The number of aromatic nitrogens is 3. The summed E-state index contributed by atoms with van der Waals surface area (Å²) in [5, 5.41) is 13.1. The summed E-state index contributed by atoms with van der Waals surface area (Å²) >= 11 is 2.72. The number of nitro benzene ring substituents is 1. The molecule has 0 aliphatic rings. The van der Waals surface area contributed by atoms with Gasteiger partial charge in [-0.15, -0.1) is 11.3 Å². The third-order valence-electron chi connectivity index (χ3n) is 4.27. The molecule has 4 rings (SSSR count). The Morgan fingerprint density at radius 2 is 2.13 bits per heavy atom. The van der Waals surface area contributed by atoms with E-state index in [4.69, 9.17) is 4.74 Å². The Bertz CT molecular complexity index is 1260. The first-order valence-corrected chi connectivity index (χ1v) is 10.6. The van der Waals surface area contributed by atoms with Gasteiger partial charge in [-0.1, -0.05) is 17.8 Å². The van der Waals surface area contributed by atoms with Crippen molar-refractivity contribution in [3.63, 3.8) is 0 Å². The van der Waals surface area contributed by atoms with Crippen LogP contribution in [0.1, 0.15) is 27.3 Å². The van der Waals surface area contributed by atoms with E-state index in [-0.39, 0.29) is 17.9 Å². The molecule has 152 valence electrons. The number of hydrogen-bond acceptors (Lipinski definition) is 8. The van der Waals surface area contributed by atoms with Crippen LogP contribution in [0.25, 0.3) is 5.65 Å². The summed E-state index contributed by atoms with van der Waals surface area (Å²) < 4.78 is 8.04. The first kappa shape index (κ1) is 20.0. The van der Waals surface area contributed by atoms with E-state index in [9.17, 15) is 14.9 Å². The van der Waals surface area contributed by atoms with E-state index in [0.717, 1.165) is 21.2 Å². The fourth-order valence-electron chi connectivity index (χ4n) is 2.84. The zero-order valence-corrected chi connectivity index (χ0v) is 17.7. The maximum atomic E-state index is 12.8. The Balaban J connectivity index is 1.58. The molecule has 10 heteroatoms.